The fourth-order valence-corrected chi connectivity index (χ4v) is 6.95. The van der Waals surface area contributed by atoms with Gasteiger partial charge in [0.05, 0.1) is 34.9 Å². The summed E-state index contributed by atoms with van der Waals surface area (Å²) in [4.78, 5) is 12.9. The lowest BCUT2D eigenvalue weighted by Crippen LogP contribution is -2.58. The molecule has 0 spiro atoms. The van der Waals surface area contributed by atoms with Gasteiger partial charge in [-0.05, 0) is 79.3 Å². The summed E-state index contributed by atoms with van der Waals surface area (Å²) in [6.07, 6.45) is -2.03. The second-order valence-corrected chi connectivity index (χ2v) is 11.3. The monoisotopic (exact) mass is 537 g/mol. The number of sulfonamides is 1. The molecular formula is C25H23F4N3O4S. The maximum Gasteiger partial charge on any atom is 0.416 e. The topological polar surface area (TPSA) is 81.5 Å². The fraction of sp³-hybridized carbons (Fsp3) is 0.360. The lowest BCUT2D eigenvalue weighted by atomic mass is 9.63. The van der Waals surface area contributed by atoms with Crippen molar-refractivity contribution in [3.8, 4) is 5.69 Å². The summed E-state index contributed by atoms with van der Waals surface area (Å²) in [5, 5.41) is 4.43. The van der Waals surface area contributed by atoms with Crippen molar-refractivity contribution in [2.45, 2.75) is 30.3 Å². The Morgan fingerprint density at radius 3 is 2.41 bits per heavy atom. The molecule has 3 aromatic rings. The molecule has 1 saturated heterocycles. The van der Waals surface area contributed by atoms with Crippen molar-refractivity contribution in [1.82, 2.24) is 14.1 Å². The number of methoxy groups -OCH3 is 1. The molecule has 0 radical (unpaired) electrons. The summed E-state index contributed by atoms with van der Waals surface area (Å²) in [6, 6.07) is 9.18. The lowest BCUT2D eigenvalue weighted by molar-refractivity contribution is -0.160. The summed E-state index contributed by atoms with van der Waals surface area (Å²) < 4.78 is 87.0. The Hall–Kier alpha value is -3.25. The number of alkyl halides is 3. The van der Waals surface area contributed by atoms with Crippen molar-refractivity contribution in [2.75, 3.05) is 20.2 Å². The largest absolute Gasteiger partial charge is 0.469 e. The Bertz CT molecular complexity index is 1440. The number of carbonyl (C=O) groups excluding carboxylic acids is 1. The molecule has 1 fully saturated rings. The molecule has 1 aliphatic heterocycles. The van der Waals surface area contributed by atoms with E-state index in [1.165, 1.54) is 19.2 Å². The Labute approximate surface area is 210 Å². The first-order chi connectivity index (χ1) is 17.5. The van der Waals surface area contributed by atoms with Crippen LogP contribution < -0.4 is 0 Å². The Morgan fingerprint density at radius 2 is 1.78 bits per heavy atom. The first kappa shape index (κ1) is 25.4. The highest BCUT2D eigenvalue weighted by Gasteiger charge is 2.55. The number of piperidine rings is 1. The number of esters is 1. The molecule has 1 aliphatic carbocycles. The number of halogens is 4. The maximum absolute atomic E-state index is 13.4. The average Bonchev–Trinajstić information content (AvgIpc) is 3.28. The molecule has 0 saturated carbocycles. The van der Waals surface area contributed by atoms with Crippen molar-refractivity contribution in [1.29, 1.82) is 0 Å². The van der Waals surface area contributed by atoms with Gasteiger partial charge in [0.2, 0.25) is 10.0 Å². The molecule has 1 aromatic heterocycles. The Kier molecular flexibility index (Phi) is 6.14. The van der Waals surface area contributed by atoms with Gasteiger partial charge in [-0.15, -0.1) is 0 Å². The highest BCUT2D eigenvalue weighted by Crippen LogP contribution is 2.47. The maximum atomic E-state index is 13.4. The van der Waals surface area contributed by atoms with Crippen molar-refractivity contribution in [3.05, 3.63) is 77.4 Å². The van der Waals surface area contributed by atoms with Crippen molar-refractivity contribution in [2.24, 2.45) is 11.3 Å². The minimum Gasteiger partial charge on any atom is -0.469 e. The number of nitrogens with zero attached hydrogens (tertiary/aromatic N) is 3. The second kappa shape index (κ2) is 8.95. The summed E-state index contributed by atoms with van der Waals surface area (Å²) in [7, 11) is -2.93. The molecule has 12 heteroatoms. The molecule has 0 bridgehead atoms. The molecule has 2 heterocycles. The minimum atomic E-state index is -4.59. The highest BCUT2D eigenvalue weighted by molar-refractivity contribution is 7.89. The van der Waals surface area contributed by atoms with E-state index >= 15 is 0 Å². The van der Waals surface area contributed by atoms with Gasteiger partial charge in [0.25, 0.3) is 0 Å². The molecule has 7 nitrogen and oxygen atoms in total. The predicted octanol–water partition coefficient (Wildman–Crippen LogP) is 4.00. The first-order valence-corrected chi connectivity index (χ1v) is 13.0. The molecule has 2 aliphatic rings. The third-order valence-electron chi connectivity index (χ3n) is 7.35. The Morgan fingerprint density at radius 1 is 1.11 bits per heavy atom. The van der Waals surface area contributed by atoms with Crippen LogP contribution in [0.2, 0.25) is 0 Å². The number of aromatic nitrogens is 2. The molecule has 0 amide bonds. The zero-order valence-corrected chi connectivity index (χ0v) is 20.5. The Balaban J connectivity index is 1.48. The number of carbonyl (C=O) groups is 1. The van der Waals surface area contributed by atoms with E-state index in [1.807, 2.05) is 0 Å². The van der Waals surface area contributed by atoms with Gasteiger partial charge in [0.15, 0.2) is 0 Å². The second-order valence-electron chi connectivity index (χ2n) is 9.38. The molecule has 196 valence electrons. The standard InChI is InChI=1S/C25H23F4N3O4S/c1-36-23(33)24-13-16-14-30-32(20-6-4-19(26)5-7-20)22(16)12-18(24)10-11-31(15-24)37(34,35)21-8-2-17(3-9-21)25(27,28)29/h2-9,14,18H,10-13,15H2,1H3/t18?,24-/m0/s1. The molecule has 2 atom stereocenters. The van der Waals surface area contributed by atoms with Crippen LogP contribution in [0.1, 0.15) is 23.2 Å². The van der Waals surface area contributed by atoms with E-state index < -0.39 is 33.1 Å². The molecule has 37 heavy (non-hydrogen) atoms. The van der Waals surface area contributed by atoms with E-state index in [-0.39, 0.29) is 36.1 Å². The highest BCUT2D eigenvalue weighted by atomic mass is 32.2. The van der Waals surface area contributed by atoms with Gasteiger partial charge >= 0.3 is 12.1 Å². The van der Waals surface area contributed by atoms with E-state index in [0.29, 0.717) is 18.5 Å². The quantitative estimate of drug-likeness (QED) is 0.371. The van der Waals surface area contributed by atoms with Gasteiger partial charge in [-0.1, -0.05) is 0 Å². The zero-order chi connectivity index (χ0) is 26.6. The number of ether oxygens (including phenoxy) is 1. The molecule has 1 unspecified atom stereocenters. The van der Waals surface area contributed by atoms with Crippen LogP contribution in [0.3, 0.4) is 0 Å². The van der Waals surface area contributed by atoms with Crippen LogP contribution in [0.4, 0.5) is 17.6 Å². The summed E-state index contributed by atoms with van der Waals surface area (Å²) in [6.45, 7) is -0.0817. The normalized spacial score (nSPS) is 22.2. The number of rotatable bonds is 4. The molecule has 5 rings (SSSR count). The summed E-state index contributed by atoms with van der Waals surface area (Å²) in [5.74, 6) is -1.19. The molecular weight excluding hydrogens is 514 g/mol. The van der Waals surface area contributed by atoms with Gasteiger partial charge in [0, 0.05) is 18.8 Å². The smallest absolute Gasteiger partial charge is 0.416 e. The minimum absolute atomic E-state index is 0.0901. The lowest BCUT2D eigenvalue weighted by Gasteiger charge is -2.48. The van der Waals surface area contributed by atoms with Crippen LogP contribution in [0, 0.1) is 17.2 Å². The number of hydrogen-bond donors (Lipinski definition) is 0. The van der Waals surface area contributed by atoms with Gasteiger partial charge in [-0.2, -0.15) is 22.6 Å². The van der Waals surface area contributed by atoms with Crippen LogP contribution in [0.5, 0.6) is 0 Å². The van der Waals surface area contributed by atoms with E-state index in [9.17, 15) is 30.8 Å². The van der Waals surface area contributed by atoms with E-state index in [1.54, 1.807) is 23.0 Å². The van der Waals surface area contributed by atoms with Gasteiger partial charge in [-0.3, -0.25) is 4.79 Å². The van der Waals surface area contributed by atoms with E-state index in [2.05, 4.69) is 5.10 Å². The number of benzene rings is 2. The van der Waals surface area contributed by atoms with Crippen LogP contribution >= 0.6 is 0 Å². The van der Waals surface area contributed by atoms with Gasteiger partial charge in [0.1, 0.15) is 5.82 Å². The fourth-order valence-electron chi connectivity index (χ4n) is 5.42. The van der Waals surface area contributed by atoms with Crippen LogP contribution in [0.15, 0.2) is 59.6 Å². The third kappa shape index (κ3) is 4.31. The predicted molar refractivity (Wildman–Crippen MR) is 124 cm³/mol. The molecule has 2 aromatic carbocycles. The van der Waals surface area contributed by atoms with Crippen LogP contribution in [-0.4, -0.2) is 48.7 Å². The van der Waals surface area contributed by atoms with Crippen molar-refractivity contribution >= 4 is 16.0 Å². The van der Waals surface area contributed by atoms with E-state index in [4.69, 9.17) is 4.74 Å². The van der Waals surface area contributed by atoms with Crippen molar-refractivity contribution < 1.29 is 35.5 Å². The number of hydrogen-bond acceptors (Lipinski definition) is 5. The zero-order valence-electron chi connectivity index (χ0n) is 19.7. The van der Waals surface area contributed by atoms with Gasteiger partial charge in [-0.25, -0.2) is 17.5 Å². The SMILES string of the molecule is COC(=O)[C@]12Cc3cnn(-c4ccc(F)cc4)c3CC1CCN(S(=O)(=O)c1ccc(C(F)(F)F)cc1)C2. The van der Waals surface area contributed by atoms with Crippen molar-refractivity contribution in [3.63, 3.8) is 0 Å². The van der Waals surface area contributed by atoms with Crippen LogP contribution in [0.25, 0.3) is 5.69 Å². The molecule has 0 N–H and O–H groups in total. The average molecular weight is 538 g/mol. The van der Waals surface area contributed by atoms with Gasteiger partial charge < -0.3 is 4.74 Å². The first-order valence-electron chi connectivity index (χ1n) is 11.5. The number of fused-ring (bicyclic) bond motifs is 2. The van der Waals surface area contributed by atoms with Crippen LogP contribution in [-0.2, 0) is 38.6 Å². The summed E-state index contributed by atoms with van der Waals surface area (Å²) >= 11 is 0. The third-order valence-corrected chi connectivity index (χ3v) is 9.21. The summed E-state index contributed by atoms with van der Waals surface area (Å²) in [5.41, 5.74) is 0.134. The van der Waals surface area contributed by atoms with E-state index in [0.717, 1.165) is 39.8 Å².